The van der Waals surface area contributed by atoms with E-state index in [2.05, 4.69) is 14.9 Å². The summed E-state index contributed by atoms with van der Waals surface area (Å²) >= 11 is 0. The van der Waals surface area contributed by atoms with Crippen molar-refractivity contribution in [1.29, 1.82) is 5.26 Å². The van der Waals surface area contributed by atoms with Gasteiger partial charge in [0.05, 0.1) is 12.4 Å². The molecule has 0 spiro atoms. The zero-order valence-corrected chi connectivity index (χ0v) is 8.43. The van der Waals surface area contributed by atoms with Gasteiger partial charge >= 0.3 is 0 Å². The summed E-state index contributed by atoms with van der Waals surface area (Å²) in [6.07, 6.45) is 4.26. The summed E-state index contributed by atoms with van der Waals surface area (Å²) < 4.78 is 0. The average Bonchev–Trinajstić information content (AvgIpc) is 2.78. The summed E-state index contributed by atoms with van der Waals surface area (Å²) in [5.41, 5.74) is 5.97. The summed E-state index contributed by atoms with van der Waals surface area (Å²) in [4.78, 5) is 10.4. The molecule has 1 atom stereocenters. The van der Waals surface area contributed by atoms with Crippen LogP contribution in [0.5, 0.6) is 0 Å². The van der Waals surface area contributed by atoms with Crippen LogP contribution in [0, 0.1) is 17.2 Å². The zero-order valence-electron chi connectivity index (χ0n) is 8.43. The number of hydrogen-bond donors (Lipinski definition) is 1. The van der Waals surface area contributed by atoms with Crippen LogP contribution in [0.15, 0.2) is 12.4 Å². The maximum absolute atomic E-state index is 8.59. The Morgan fingerprint density at radius 2 is 2.40 bits per heavy atom. The Kier molecular flexibility index (Phi) is 2.79. The van der Waals surface area contributed by atoms with Gasteiger partial charge in [0.25, 0.3) is 0 Å². The van der Waals surface area contributed by atoms with Gasteiger partial charge < -0.3 is 10.6 Å². The Labute approximate surface area is 88.5 Å². The number of nitriles is 1. The maximum Gasteiger partial charge on any atom is 0.158 e. The first-order valence-corrected chi connectivity index (χ1v) is 5.00. The van der Waals surface area contributed by atoms with Crippen molar-refractivity contribution in [2.24, 2.45) is 11.7 Å². The minimum Gasteiger partial charge on any atom is -0.355 e. The second kappa shape index (κ2) is 4.24. The molecule has 2 heterocycles. The van der Waals surface area contributed by atoms with Crippen molar-refractivity contribution in [2.45, 2.75) is 6.42 Å². The van der Waals surface area contributed by atoms with Gasteiger partial charge in [-0.15, -0.1) is 0 Å². The molecule has 1 aromatic rings. The Balaban J connectivity index is 2.08. The van der Waals surface area contributed by atoms with E-state index in [9.17, 15) is 0 Å². The summed E-state index contributed by atoms with van der Waals surface area (Å²) in [6, 6.07) is 1.95. The molecule has 0 amide bonds. The van der Waals surface area contributed by atoms with E-state index in [0.29, 0.717) is 11.6 Å². The molecule has 1 aliphatic heterocycles. The molecule has 1 aromatic heterocycles. The third kappa shape index (κ3) is 2.05. The monoisotopic (exact) mass is 203 g/mol. The molecule has 1 unspecified atom stereocenters. The molecular weight excluding hydrogens is 190 g/mol. The van der Waals surface area contributed by atoms with Crippen LogP contribution < -0.4 is 10.6 Å². The second-order valence-electron chi connectivity index (χ2n) is 3.71. The fourth-order valence-corrected chi connectivity index (χ4v) is 1.78. The van der Waals surface area contributed by atoms with Crippen LogP contribution in [0.25, 0.3) is 0 Å². The molecule has 2 rings (SSSR count). The van der Waals surface area contributed by atoms with E-state index >= 15 is 0 Å². The summed E-state index contributed by atoms with van der Waals surface area (Å²) in [5.74, 6) is 1.40. The first-order valence-electron chi connectivity index (χ1n) is 5.00. The lowest BCUT2D eigenvalue weighted by Crippen LogP contribution is -2.23. The fraction of sp³-hybridized carbons (Fsp3) is 0.500. The van der Waals surface area contributed by atoms with Gasteiger partial charge in [0.15, 0.2) is 5.69 Å². The largest absolute Gasteiger partial charge is 0.355 e. The van der Waals surface area contributed by atoms with E-state index in [-0.39, 0.29) is 0 Å². The molecule has 15 heavy (non-hydrogen) atoms. The lowest BCUT2D eigenvalue weighted by atomic mass is 10.1. The first-order chi connectivity index (χ1) is 7.33. The minimum atomic E-state index is 0.355. The lowest BCUT2D eigenvalue weighted by Gasteiger charge is -2.16. The van der Waals surface area contributed by atoms with Crippen molar-refractivity contribution in [3.8, 4) is 6.07 Å². The van der Waals surface area contributed by atoms with Crippen LogP contribution in [0.4, 0.5) is 5.82 Å². The van der Waals surface area contributed by atoms with Crippen LogP contribution in [0.1, 0.15) is 12.1 Å². The minimum absolute atomic E-state index is 0.355. The Morgan fingerprint density at radius 1 is 1.53 bits per heavy atom. The molecule has 0 aromatic carbocycles. The molecule has 0 aliphatic carbocycles. The number of hydrogen-bond acceptors (Lipinski definition) is 5. The predicted molar refractivity (Wildman–Crippen MR) is 56.1 cm³/mol. The van der Waals surface area contributed by atoms with Gasteiger partial charge in [-0.1, -0.05) is 0 Å². The quantitative estimate of drug-likeness (QED) is 0.739. The Bertz CT molecular complexity index is 366. The van der Waals surface area contributed by atoms with Crippen molar-refractivity contribution in [3.05, 3.63) is 18.1 Å². The van der Waals surface area contributed by atoms with Crippen LogP contribution in [0.2, 0.25) is 0 Å². The Hall–Kier alpha value is -1.67. The van der Waals surface area contributed by atoms with Gasteiger partial charge in [0.1, 0.15) is 11.9 Å². The summed E-state index contributed by atoms with van der Waals surface area (Å²) in [7, 11) is 0. The zero-order chi connectivity index (χ0) is 10.7. The highest BCUT2D eigenvalue weighted by molar-refractivity contribution is 5.38. The van der Waals surface area contributed by atoms with Gasteiger partial charge in [-0.05, 0) is 18.9 Å². The van der Waals surface area contributed by atoms with E-state index in [0.717, 1.165) is 31.9 Å². The molecule has 1 aliphatic rings. The highest BCUT2D eigenvalue weighted by Crippen LogP contribution is 2.20. The molecular formula is C10H13N5. The Morgan fingerprint density at radius 3 is 2.93 bits per heavy atom. The number of nitrogens with two attached hydrogens (primary N) is 1. The highest BCUT2D eigenvalue weighted by Gasteiger charge is 2.22. The molecule has 5 nitrogen and oxygen atoms in total. The lowest BCUT2D eigenvalue weighted by molar-refractivity contribution is 0.602. The number of aromatic nitrogens is 2. The molecule has 5 heteroatoms. The van der Waals surface area contributed by atoms with Crippen molar-refractivity contribution in [1.82, 2.24) is 9.97 Å². The molecule has 1 saturated heterocycles. The molecule has 0 radical (unpaired) electrons. The van der Waals surface area contributed by atoms with Gasteiger partial charge in [-0.2, -0.15) is 5.26 Å². The molecule has 1 fully saturated rings. The number of anilines is 1. The number of nitrogens with zero attached hydrogens (tertiary/aromatic N) is 4. The van der Waals surface area contributed by atoms with Crippen LogP contribution in [-0.2, 0) is 0 Å². The third-order valence-corrected chi connectivity index (χ3v) is 2.70. The van der Waals surface area contributed by atoms with Gasteiger partial charge in [0.2, 0.25) is 0 Å². The first kappa shape index (κ1) is 9.87. The second-order valence-corrected chi connectivity index (χ2v) is 3.71. The average molecular weight is 203 g/mol. The van der Waals surface area contributed by atoms with Crippen LogP contribution >= 0.6 is 0 Å². The standard InChI is InChI=1S/C10H13N5/c11-3-8-1-2-15(7-8)10-6-13-9(4-12)5-14-10/h5-6,8H,1-3,7,11H2. The summed E-state index contributed by atoms with van der Waals surface area (Å²) in [5, 5.41) is 8.59. The molecule has 78 valence electrons. The van der Waals surface area contributed by atoms with Crippen molar-refractivity contribution < 1.29 is 0 Å². The predicted octanol–water partition coefficient (Wildman–Crippen LogP) is 0.133. The number of rotatable bonds is 2. The molecule has 0 saturated carbocycles. The van der Waals surface area contributed by atoms with Crippen molar-refractivity contribution >= 4 is 5.82 Å². The molecule has 2 N–H and O–H groups in total. The van der Waals surface area contributed by atoms with Crippen LogP contribution in [0.3, 0.4) is 0 Å². The van der Waals surface area contributed by atoms with Crippen molar-refractivity contribution in [2.75, 3.05) is 24.5 Å². The third-order valence-electron chi connectivity index (χ3n) is 2.70. The fourth-order valence-electron chi connectivity index (χ4n) is 1.78. The van der Waals surface area contributed by atoms with Gasteiger partial charge in [-0.3, -0.25) is 0 Å². The van der Waals surface area contributed by atoms with E-state index in [4.69, 9.17) is 11.0 Å². The van der Waals surface area contributed by atoms with E-state index in [1.165, 1.54) is 6.20 Å². The summed E-state index contributed by atoms with van der Waals surface area (Å²) in [6.45, 7) is 2.64. The van der Waals surface area contributed by atoms with Gasteiger partial charge in [-0.25, -0.2) is 9.97 Å². The topological polar surface area (TPSA) is 78.8 Å². The normalized spacial score (nSPS) is 20.3. The van der Waals surface area contributed by atoms with E-state index in [1.54, 1.807) is 6.20 Å². The maximum atomic E-state index is 8.59. The van der Waals surface area contributed by atoms with E-state index < -0.39 is 0 Å². The smallest absolute Gasteiger partial charge is 0.158 e. The van der Waals surface area contributed by atoms with E-state index in [1.807, 2.05) is 6.07 Å². The van der Waals surface area contributed by atoms with Crippen LogP contribution in [-0.4, -0.2) is 29.6 Å². The van der Waals surface area contributed by atoms with Crippen molar-refractivity contribution in [3.63, 3.8) is 0 Å². The molecule has 0 bridgehead atoms. The SMILES string of the molecule is N#Cc1cnc(N2CCC(CN)C2)cn1. The highest BCUT2D eigenvalue weighted by atomic mass is 15.2. The van der Waals surface area contributed by atoms with Gasteiger partial charge in [0, 0.05) is 13.1 Å².